The predicted molar refractivity (Wildman–Crippen MR) is 74.0 cm³/mol. The van der Waals surface area contributed by atoms with Gasteiger partial charge in [0.2, 0.25) is 0 Å². The lowest BCUT2D eigenvalue weighted by atomic mass is 10.0. The van der Waals surface area contributed by atoms with Crippen molar-refractivity contribution >= 4 is 16.9 Å². The molecule has 0 spiro atoms. The maximum atomic E-state index is 13.9. The summed E-state index contributed by atoms with van der Waals surface area (Å²) in [4.78, 5) is 15.4. The first kappa shape index (κ1) is 14.1. The van der Waals surface area contributed by atoms with E-state index in [1.807, 2.05) is 0 Å². The molecule has 1 aromatic heterocycles. The Morgan fingerprint density at radius 2 is 1.64 bits per heavy atom. The van der Waals surface area contributed by atoms with E-state index in [0.29, 0.717) is 11.6 Å². The molecular weight excluding hydrogens is 295 g/mol. The summed E-state index contributed by atoms with van der Waals surface area (Å²) in [6, 6.07) is 7.92. The molecule has 0 saturated heterocycles. The van der Waals surface area contributed by atoms with Crippen molar-refractivity contribution < 1.29 is 23.1 Å². The van der Waals surface area contributed by atoms with Gasteiger partial charge in [-0.3, -0.25) is 0 Å². The Morgan fingerprint density at radius 1 is 0.955 bits per heavy atom. The first-order chi connectivity index (χ1) is 10.5. The number of carboxylic acids is 1. The van der Waals surface area contributed by atoms with Crippen LogP contribution in [-0.4, -0.2) is 16.1 Å². The number of benzene rings is 2. The fourth-order valence-corrected chi connectivity index (χ4v) is 2.20. The van der Waals surface area contributed by atoms with Gasteiger partial charge in [-0.05, 0) is 36.4 Å². The summed E-state index contributed by atoms with van der Waals surface area (Å²) >= 11 is 0. The standard InChI is InChI=1S/C16H8F3NO2/c17-9-3-1-8(2-4-9)14-7-12(16(21)22)11-5-10(18)6-13(19)15(11)20-14/h1-7H,(H,21,22). The SMILES string of the molecule is O=C(O)c1cc(-c2ccc(F)cc2)nc2c(F)cc(F)cc12. The maximum Gasteiger partial charge on any atom is 0.336 e. The number of carboxylic acid groups (broad SMARTS) is 1. The van der Waals surface area contributed by atoms with Crippen LogP contribution in [0.15, 0.2) is 42.5 Å². The highest BCUT2D eigenvalue weighted by molar-refractivity contribution is 6.03. The lowest BCUT2D eigenvalue weighted by molar-refractivity contribution is 0.0699. The van der Waals surface area contributed by atoms with Crippen molar-refractivity contribution in [3.63, 3.8) is 0 Å². The van der Waals surface area contributed by atoms with Gasteiger partial charge in [0.05, 0.1) is 11.3 Å². The maximum absolute atomic E-state index is 13.9. The molecule has 6 heteroatoms. The van der Waals surface area contributed by atoms with E-state index in [1.165, 1.54) is 30.3 Å². The largest absolute Gasteiger partial charge is 0.478 e. The molecule has 3 nitrogen and oxygen atoms in total. The second-order valence-corrected chi connectivity index (χ2v) is 4.65. The fourth-order valence-electron chi connectivity index (χ4n) is 2.20. The van der Waals surface area contributed by atoms with Gasteiger partial charge in [-0.2, -0.15) is 0 Å². The van der Waals surface area contributed by atoms with Gasteiger partial charge in [-0.25, -0.2) is 22.9 Å². The number of pyridine rings is 1. The van der Waals surface area contributed by atoms with Gasteiger partial charge in [0.15, 0.2) is 5.82 Å². The smallest absolute Gasteiger partial charge is 0.336 e. The van der Waals surface area contributed by atoms with Crippen LogP contribution in [0.1, 0.15) is 10.4 Å². The van der Waals surface area contributed by atoms with Crippen molar-refractivity contribution in [2.75, 3.05) is 0 Å². The molecule has 1 N–H and O–H groups in total. The zero-order chi connectivity index (χ0) is 15.9. The molecule has 0 radical (unpaired) electrons. The van der Waals surface area contributed by atoms with E-state index in [-0.39, 0.29) is 22.2 Å². The van der Waals surface area contributed by atoms with E-state index < -0.39 is 23.4 Å². The summed E-state index contributed by atoms with van der Waals surface area (Å²) in [7, 11) is 0. The zero-order valence-corrected chi connectivity index (χ0v) is 11.0. The number of carbonyl (C=O) groups is 1. The third-order valence-corrected chi connectivity index (χ3v) is 3.20. The third kappa shape index (κ3) is 2.39. The summed E-state index contributed by atoms with van der Waals surface area (Å²) in [6.07, 6.45) is 0. The molecule has 3 aromatic rings. The van der Waals surface area contributed by atoms with Gasteiger partial charge in [0.25, 0.3) is 0 Å². The second kappa shape index (κ2) is 5.14. The van der Waals surface area contributed by atoms with E-state index in [1.54, 1.807) is 0 Å². The van der Waals surface area contributed by atoms with Crippen molar-refractivity contribution in [1.82, 2.24) is 4.98 Å². The highest BCUT2D eigenvalue weighted by Crippen LogP contribution is 2.27. The Kier molecular flexibility index (Phi) is 3.29. The predicted octanol–water partition coefficient (Wildman–Crippen LogP) is 4.02. The van der Waals surface area contributed by atoms with E-state index in [0.717, 1.165) is 6.07 Å². The molecule has 0 atom stereocenters. The topological polar surface area (TPSA) is 50.2 Å². The Labute approximate surface area is 122 Å². The average Bonchev–Trinajstić information content (AvgIpc) is 2.47. The van der Waals surface area contributed by atoms with Crippen LogP contribution in [-0.2, 0) is 0 Å². The van der Waals surface area contributed by atoms with Crippen molar-refractivity contribution in [1.29, 1.82) is 0 Å². The molecule has 0 bridgehead atoms. The molecule has 0 unspecified atom stereocenters. The molecule has 22 heavy (non-hydrogen) atoms. The van der Waals surface area contributed by atoms with Crippen molar-refractivity contribution in [3.8, 4) is 11.3 Å². The van der Waals surface area contributed by atoms with E-state index >= 15 is 0 Å². The minimum absolute atomic E-state index is 0.129. The summed E-state index contributed by atoms with van der Waals surface area (Å²) in [5.74, 6) is -3.64. The monoisotopic (exact) mass is 303 g/mol. The third-order valence-electron chi connectivity index (χ3n) is 3.20. The van der Waals surface area contributed by atoms with Gasteiger partial charge >= 0.3 is 5.97 Å². The molecule has 110 valence electrons. The first-order valence-corrected chi connectivity index (χ1v) is 6.25. The van der Waals surface area contributed by atoms with E-state index in [4.69, 9.17) is 0 Å². The first-order valence-electron chi connectivity index (χ1n) is 6.25. The number of rotatable bonds is 2. The van der Waals surface area contributed by atoms with Crippen LogP contribution >= 0.6 is 0 Å². The lowest BCUT2D eigenvalue weighted by Gasteiger charge is -2.08. The Balaban J connectivity index is 2.34. The number of hydrogen-bond acceptors (Lipinski definition) is 2. The molecule has 2 aromatic carbocycles. The van der Waals surface area contributed by atoms with Gasteiger partial charge in [0, 0.05) is 17.0 Å². The van der Waals surface area contributed by atoms with Gasteiger partial charge in [0.1, 0.15) is 17.2 Å². The van der Waals surface area contributed by atoms with Gasteiger partial charge in [-0.1, -0.05) is 0 Å². The van der Waals surface area contributed by atoms with Crippen LogP contribution in [0.3, 0.4) is 0 Å². The second-order valence-electron chi connectivity index (χ2n) is 4.65. The molecule has 3 rings (SSSR count). The molecule has 1 heterocycles. The Morgan fingerprint density at radius 3 is 2.27 bits per heavy atom. The van der Waals surface area contributed by atoms with E-state index in [2.05, 4.69) is 4.98 Å². The number of aromatic nitrogens is 1. The quantitative estimate of drug-likeness (QED) is 0.778. The summed E-state index contributed by atoms with van der Waals surface area (Å²) in [5.41, 5.74) is 0.0632. The zero-order valence-electron chi connectivity index (χ0n) is 11.0. The van der Waals surface area contributed by atoms with Crippen LogP contribution in [0.4, 0.5) is 13.2 Å². The van der Waals surface area contributed by atoms with Crippen LogP contribution in [0, 0.1) is 17.5 Å². The lowest BCUT2D eigenvalue weighted by Crippen LogP contribution is -2.02. The molecular formula is C16H8F3NO2. The average molecular weight is 303 g/mol. The van der Waals surface area contributed by atoms with Crippen molar-refractivity contribution in [2.24, 2.45) is 0 Å². The van der Waals surface area contributed by atoms with Gasteiger partial charge < -0.3 is 5.11 Å². The van der Waals surface area contributed by atoms with Crippen molar-refractivity contribution in [3.05, 3.63) is 65.5 Å². The molecule has 0 aliphatic carbocycles. The number of nitrogens with zero attached hydrogens (tertiary/aromatic N) is 1. The highest BCUT2D eigenvalue weighted by Gasteiger charge is 2.16. The highest BCUT2D eigenvalue weighted by atomic mass is 19.1. The summed E-state index contributed by atoms with van der Waals surface area (Å²) in [6.45, 7) is 0. The summed E-state index contributed by atoms with van der Waals surface area (Å²) < 4.78 is 40.2. The van der Waals surface area contributed by atoms with Gasteiger partial charge in [-0.15, -0.1) is 0 Å². The minimum Gasteiger partial charge on any atom is -0.478 e. The van der Waals surface area contributed by atoms with E-state index in [9.17, 15) is 23.1 Å². The minimum atomic E-state index is -1.33. The number of hydrogen-bond donors (Lipinski definition) is 1. The molecule has 0 fully saturated rings. The van der Waals surface area contributed by atoms with Crippen LogP contribution in [0.25, 0.3) is 22.2 Å². The number of aromatic carboxylic acids is 1. The Bertz CT molecular complexity index is 892. The number of fused-ring (bicyclic) bond motifs is 1. The molecule has 0 saturated carbocycles. The Hall–Kier alpha value is -2.89. The number of halogens is 3. The van der Waals surface area contributed by atoms with Crippen molar-refractivity contribution in [2.45, 2.75) is 0 Å². The molecule has 0 amide bonds. The fraction of sp³-hybridized carbons (Fsp3) is 0. The normalized spacial score (nSPS) is 10.9. The van der Waals surface area contributed by atoms with Crippen LogP contribution in [0.2, 0.25) is 0 Å². The summed E-state index contributed by atoms with van der Waals surface area (Å²) in [5, 5.41) is 9.12. The van der Waals surface area contributed by atoms with Crippen LogP contribution in [0.5, 0.6) is 0 Å². The molecule has 0 aliphatic heterocycles. The van der Waals surface area contributed by atoms with Crippen LogP contribution < -0.4 is 0 Å². The molecule has 0 aliphatic rings.